The second-order valence-corrected chi connectivity index (χ2v) is 12.0. The topological polar surface area (TPSA) is 35.5 Å². The quantitative estimate of drug-likeness (QED) is 0.541. The van der Waals surface area contributed by atoms with Crippen LogP contribution in [-0.4, -0.2) is 26.5 Å². The fourth-order valence-electron chi connectivity index (χ4n) is 1.61. The number of benzene rings is 1. The van der Waals surface area contributed by atoms with Crippen molar-refractivity contribution in [1.29, 1.82) is 0 Å². The van der Waals surface area contributed by atoms with Crippen molar-refractivity contribution in [3.63, 3.8) is 0 Å². The standard InChI is InChI=1S/C16H25BrO3Si/c1-16(2,3)21(5,6)20-14-8-7-12(9-13(18)11-17)10-15(14)19-4/h7-8,10H,9,11H2,1-6H3. The number of ether oxygens (including phenoxy) is 1. The first-order valence-electron chi connectivity index (χ1n) is 7.04. The predicted molar refractivity (Wildman–Crippen MR) is 93.3 cm³/mol. The maximum atomic E-state index is 11.5. The van der Waals surface area contributed by atoms with E-state index in [1.807, 2.05) is 18.2 Å². The van der Waals surface area contributed by atoms with Crippen molar-refractivity contribution in [2.24, 2.45) is 0 Å². The van der Waals surface area contributed by atoms with E-state index in [4.69, 9.17) is 9.16 Å². The lowest BCUT2D eigenvalue weighted by molar-refractivity contribution is -0.115. The van der Waals surface area contributed by atoms with E-state index in [0.29, 0.717) is 17.5 Å². The van der Waals surface area contributed by atoms with Crippen LogP contribution in [0.1, 0.15) is 26.3 Å². The van der Waals surface area contributed by atoms with Crippen molar-refractivity contribution in [1.82, 2.24) is 0 Å². The molecule has 0 atom stereocenters. The first kappa shape index (κ1) is 18.2. The van der Waals surface area contributed by atoms with Gasteiger partial charge in [-0.15, -0.1) is 0 Å². The molecule has 0 heterocycles. The molecule has 118 valence electrons. The van der Waals surface area contributed by atoms with Crippen molar-refractivity contribution in [2.75, 3.05) is 12.4 Å². The lowest BCUT2D eigenvalue weighted by Crippen LogP contribution is -2.43. The van der Waals surface area contributed by atoms with Gasteiger partial charge in [0.2, 0.25) is 0 Å². The number of Topliss-reactive ketones (excluding diaryl/α,β-unsaturated/α-hetero) is 1. The molecule has 0 radical (unpaired) electrons. The minimum absolute atomic E-state index is 0.128. The molecule has 0 unspecified atom stereocenters. The largest absolute Gasteiger partial charge is 0.541 e. The predicted octanol–water partition coefficient (Wildman–Crippen LogP) is 4.59. The van der Waals surface area contributed by atoms with Crippen LogP contribution in [0.4, 0.5) is 0 Å². The van der Waals surface area contributed by atoms with Crippen LogP contribution in [0.2, 0.25) is 18.1 Å². The zero-order valence-corrected chi connectivity index (χ0v) is 16.3. The van der Waals surface area contributed by atoms with Crippen molar-refractivity contribution in [2.45, 2.75) is 45.3 Å². The average Bonchev–Trinajstić information content (AvgIpc) is 2.38. The van der Waals surface area contributed by atoms with Crippen LogP contribution >= 0.6 is 15.9 Å². The molecular weight excluding hydrogens is 348 g/mol. The average molecular weight is 373 g/mol. The van der Waals surface area contributed by atoms with Crippen molar-refractivity contribution in [3.05, 3.63) is 23.8 Å². The minimum Gasteiger partial charge on any atom is -0.541 e. The molecule has 1 aromatic rings. The van der Waals surface area contributed by atoms with Gasteiger partial charge in [-0.05, 0) is 35.8 Å². The maximum absolute atomic E-state index is 11.5. The Hall–Kier alpha value is -0.813. The van der Waals surface area contributed by atoms with Gasteiger partial charge < -0.3 is 9.16 Å². The first-order chi connectivity index (χ1) is 9.60. The monoisotopic (exact) mass is 372 g/mol. The van der Waals surface area contributed by atoms with E-state index < -0.39 is 8.32 Å². The molecule has 21 heavy (non-hydrogen) atoms. The summed E-state index contributed by atoms with van der Waals surface area (Å²) >= 11 is 3.18. The maximum Gasteiger partial charge on any atom is 0.250 e. The number of halogens is 1. The molecule has 1 aromatic carbocycles. The van der Waals surface area contributed by atoms with Crippen LogP contribution in [0.25, 0.3) is 0 Å². The summed E-state index contributed by atoms with van der Waals surface area (Å²) < 4.78 is 11.7. The minimum atomic E-state index is -1.90. The Morgan fingerprint density at radius 3 is 2.33 bits per heavy atom. The second-order valence-electron chi connectivity index (χ2n) is 6.70. The van der Waals surface area contributed by atoms with Gasteiger partial charge in [0, 0.05) is 6.42 Å². The van der Waals surface area contributed by atoms with Crippen LogP contribution in [0.5, 0.6) is 11.5 Å². The molecule has 0 aliphatic rings. The summed E-state index contributed by atoms with van der Waals surface area (Å²) in [5, 5.41) is 0.500. The molecule has 0 saturated carbocycles. The van der Waals surface area contributed by atoms with E-state index >= 15 is 0 Å². The number of ketones is 1. The van der Waals surface area contributed by atoms with Crippen molar-refractivity contribution in [3.8, 4) is 11.5 Å². The molecule has 0 amide bonds. The Morgan fingerprint density at radius 2 is 1.86 bits per heavy atom. The van der Waals surface area contributed by atoms with Crippen LogP contribution in [0.15, 0.2) is 18.2 Å². The molecule has 1 rings (SSSR count). The summed E-state index contributed by atoms with van der Waals surface area (Å²) in [6.07, 6.45) is 0.405. The summed E-state index contributed by atoms with van der Waals surface area (Å²) in [5.41, 5.74) is 0.943. The molecule has 0 aliphatic heterocycles. The molecule has 0 fully saturated rings. The number of alkyl halides is 1. The molecule has 0 saturated heterocycles. The number of hydrogen-bond donors (Lipinski definition) is 0. The molecule has 0 aromatic heterocycles. The van der Waals surface area contributed by atoms with E-state index in [0.717, 1.165) is 11.3 Å². The van der Waals surface area contributed by atoms with Gasteiger partial charge in [0.15, 0.2) is 5.75 Å². The number of rotatable bonds is 6. The zero-order chi connectivity index (χ0) is 16.3. The fraction of sp³-hybridized carbons (Fsp3) is 0.562. The van der Waals surface area contributed by atoms with E-state index in [-0.39, 0.29) is 10.8 Å². The summed E-state index contributed by atoms with van der Waals surface area (Å²) in [5.74, 6) is 1.61. The van der Waals surface area contributed by atoms with E-state index in [2.05, 4.69) is 49.8 Å². The Balaban J connectivity index is 3.02. The van der Waals surface area contributed by atoms with Gasteiger partial charge in [0.25, 0.3) is 8.32 Å². The SMILES string of the molecule is COc1cc(CC(=O)CBr)ccc1O[Si](C)(C)C(C)(C)C. The van der Waals surface area contributed by atoms with Gasteiger partial charge >= 0.3 is 0 Å². The normalized spacial score (nSPS) is 12.1. The van der Waals surface area contributed by atoms with E-state index in [9.17, 15) is 4.79 Å². The number of hydrogen-bond acceptors (Lipinski definition) is 3. The lowest BCUT2D eigenvalue weighted by atomic mass is 10.1. The van der Waals surface area contributed by atoms with Gasteiger partial charge in [-0.2, -0.15) is 0 Å². The Kier molecular flexibility index (Phi) is 6.05. The Morgan fingerprint density at radius 1 is 1.24 bits per heavy atom. The highest BCUT2D eigenvalue weighted by Gasteiger charge is 2.39. The van der Waals surface area contributed by atoms with Gasteiger partial charge in [-0.1, -0.05) is 42.8 Å². The molecule has 0 bridgehead atoms. The molecule has 0 N–H and O–H groups in total. The van der Waals surface area contributed by atoms with E-state index in [1.54, 1.807) is 7.11 Å². The lowest BCUT2D eigenvalue weighted by Gasteiger charge is -2.36. The summed E-state index contributed by atoms with van der Waals surface area (Å²) in [4.78, 5) is 11.5. The first-order valence-corrected chi connectivity index (χ1v) is 11.1. The third-order valence-electron chi connectivity index (χ3n) is 3.95. The number of methoxy groups -OCH3 is 1. The van der Waals surface area contributed by atoms with Crippen LogP contribution in [0.3, 0.4) is 0 Å². The highest BCUT2D eigenvalue weighted by atomic mass is 79.9. The molecule has 5 heteroatoms. The second kappa shape index (κ2) is 6.96. The smallest absolute Gasteiger partial charge is 0.250 e. The van der Waals surface area contributed by atoms with Crippen molar-refractivity contribution < 1.29 is 14.0 Å². The van der Waals surface area contributed by atoms with Crippen LogP contribution in [-0.2, 0) is 11.2 Å². The van der Waals surface area contributed by atoms with Gasteiger partial charge in [0.05, 0.1) is 12.4 Å². The van der Waals surface area contributed by atoms with Crippen LogP contribution in [0, 0.1) is 0 Å². The highest BCUT2D eigenvalue weighted by Crippen LogP contribution is 2.40. The summed E-state index contributed by atoms with van der Waals surface area (Å²) in [6.45, 7) is 11.0. The van der Waals surface area contributed by atoms with Crippen LogP contribution < -0.4 is 9.16 Å². The fourth-order valence-corrected chi connectivity index (χ4v) is 2.83. The zero-order valence-electron chi connectivity index (χ0n) is 13.7. The summed E-state index contributed by atoms with van der Waals surface area (Å²) in [6, 6.07) is 5.74. The molecule has 0 spiro atoms. The third-order valence-corrected chi connectivity index (χ3v) is 8.92. The Bertz CT molecular complexity index is 507. The van der Waals surface area contributed by atoms with E-state index in [1.165, 1.54) is 0 Å². The van der Waals surface area contributed by atoms with Gasteiger partial charge in [-0.3, -0.25) is 4.79 Å². The van der Waals surface area contributed by atoms with Gasteiger partial charge in [0.1, 0.15) is 11.5 Å². The highest BCUT2D eigenvalue weighted by molar-refractivity contribution is 9.09. The summed E-state index contributed by atoms with van der Waals surface area (Å²) in [7, 11) is -0.275. The van der Waals surface area contributed by atoms with Gasteiger partial charge in [-0.25, -0.2) is 0 Å². The molecule has 3 nitrogen and oxygen atoms in total. The Labute approximate surface area is 137 Å². The molecule has 0 aliphatic carbocycles. The molecular formula is C16H25BrO3Si. The van der Waals surface area contributed by atoms with Crippen molar-refractivity contribution >= 4 is 30.0 Å². The number of carbonyl (C=O) groups excluding carboxylic acids is 1. The number of carbonyl (C=O) groups is 1. The third kappa shape index (κ3) is 4.85.